The summed E-state index contributed by atoms with van der Waals surface area (Å²) in [6.07, 6.45) is 0.792. The van der Waals surface area contributed by atoms with Gasteiger partial charge in [-0.15, -0.1) is 0 Å². The smallest absolute Gasteiger partial charge is 0.223 e. The average Bonchev–Trinajstić information content (AvgIpc) is 2.59. The number of halogens is 1. The lowest BCUT2D eigenvalue weighted by atomic mass is 10.00. The summed E-state index contributed by atoms with van der Waals surface area (Å²) in [6, 6.07) is 14.2. The lowest BCUT2D eigenvalue weighted by Crippen LogP contribution is -2.36. The van der Waals surface area contributed by atoms with Gasteiger partial charge in [0.05, 0.1) is 10.6 Å². The number of carbonyl (C=O) groups is 1. The van der Waals surface area contributed by atoms with E-state index in [1.54, 1.807) is 17.0 Å². The van der Waals surface area contributed by atoms with E-state index in [0.717, 1.165) is 12.0 Å². The Morgan fingerprint density at radius 1 is 1.08 bits per heavy atom. The van der Waals surface area contributed by atoms with Crippen LogP contribution in [0, 0.1) is 0 Å². The fourth-order valence-electron chi connectivity index (χ4n) is 2.87. The molecule has 0 saturated carbocycles. The molecule has 1 heterocycles. The number of sulfone groups is 1. The minimum Gasteiger partial charge on any atom is -0.338 e. The third kappa shape index (κ3) is 3.79. The van der Waals surface area contributed by atoms with Crippen LogP contribution in [-0.2, 0) is 27.6 Å². The predicted octanol–water partition coefficient (Wildman–Crippen LogP) is 3.09. The number of fused-ring (bicyclic) bond motifs is 1. The molecule has 1 amide bonds. The van der Waals surface area contributed by atoms with Gasteiger partial charge in [-0.3, -0.25) is 4.79 Å². The van der Waals surface area contributed by atoms with Crippen molar-refractivity contribution in [3.63, 3.8) is 0 Å². The van der Waals surface area contributed by atoms with Crippen molar-refractivity contribution in [1.82, 2.24) is 4.90 Å². The summed E-state index contributed by atoms with van der Waals surface area (Å²) < 4.78 is 24.7. The molecular formula is C18H18ClNO3S. The summed E-state index contributed by atoms with van der Waals surface area (Å²) in [4.78, 5) is 14.3. The highest BCUT2D eigenvalue weighted by Gasteiger charge is 2.23. The molecule has 0 unspecified atom stereocenters. The molecule has 0 aromatic heterocycles. The molecular weight excluding hydrogens is 346 g/mol. The number of carbonyl (C=O) groups excluding carboxylic acids is 1. The second kappa shape index (κ2) is 6.95. The second-order valence-electron chi connectivity index (χ2n) is 5.86. The number of amides is 1. The Morgan fingerprint density at radius 3 is 2.58 bits per heavy atom. The Hall–Kier alpha value is -1.85. The molecule has 2 aromatic carbocycles. The summed E-state index contributed by atoms with van der Waals surface area (Å²) in [5.74, 6) is -0.334. The van der Waals surface area contributed by atoms with Crippen LogP contribution in [0.25, 0.3) is 0 Å². The SMILES string of the molecule is O=C(CCS(=O)(=O)c1cccc(Cl)c1)N1CCc2ccccc2C1. The first-order valence-corrected chi connectivity index (χ1v) is 9.81. The summed E-state index contributed by atoms with van der Waals surface area (Å²) in [7, 11) is -3.51. The Morgan fingerprint density at radius 2 is 1.83 bits per heavy atom. The van der Waals surface area contributed by atoms with Crippen LogP contribution in [0.2, 0.25) is 5.02 Å². The Kier molecular flexibility index (Phi) is 4.92. The highest BCUT2D eigenvalue weighted by Crippen LogP contribution is 2.21. The van der Waals surface area contributed by atoms with Crippen molar-refractivity contribution < 1.29 is 13.2 Å². The predicted molar refractivity (Wildman–Crippen MR) is 93.7 cm³/mol. The molecule has 2 aromatic rings. The van der Waals surface area contributed by atoms with E-state index in [9.17, 15) is 13.2 Å². The Labute approximate surface area is 147 Å². The number of rotatable bonds is 4. The first-order chi connectivity index (χ1) is 11.5. The van der Waals surface area contributed by atoms with E-state index in [0.29, 0.717) is 18.1 Å². The van der Waals surface area contributed by atoms with Gasteiger partial charge in [0.25, 0.3) is 0 Å². The maximum absolute atomic E-state index is 12.4. The standard InChI is InChI=1S/C18H18ClNO3S/c19-16-6-3-7-17(12-16)24(22,23)11-9-18(21)20-10-8-14-4-1-2-5-15(14)13-20/h1-7,12H,8-11,13H2. The first-order valence-electron chi connectivity index (χ1n) is 7.78. The van der Waals surface area contributed by atoms with E-state index in [1.807, 2.05) is 18.2 Å². The Bertz CT molecular complexity index is 864. The van der Waals surface area contributed by atoms with E-state index in [-0.39, 0.29) is 23.0 Å². The highest BCUT2D eigenvalue weighted by atomic mass is 35.5. The summed E-state index contributed by atoms with van der Waals surface area (Å²) in [5, 5.41) is 0.370. The summed E-state index contributed by atoms with van der Waals surface area (Å²) >= 11 is 5.84. The topological polar surface area (TPSA) is 54.5 Å². The van der Waals surface area contributed by atoms with E-state index < -0.39 is 9.84 Å². The number of hydrogen-bond acceptors (Lipinski definition) is 3. The maximum atomic E-state index is 12.4. The third-order valence-electron chi connectivity index (χ3n) is 4.22. The number of hydrogen-bond donors (Lipinski definition) is 0. The molecule has 6 heteroatoms. The third-order valence-corrected chi connectivity index (χ3v) is 6.17. The van der Waals surface area contributed by atoms with Crippen molar-refractivity contribution in [3.05, 3.63) is 64.7 Å². The zero-order valence-corrected chi connectivity index (χ0v) is 14.7. The highest BCUT2D eigenvalue weighted by molar-refractivity contribution is 7.91. The van der Waals surface area contributed by atoms with Crippen LogP contribution in [0.3, 0.4) is 0 Å². The molecule has 0 spiro atoms. The quantitative estimate of drug-likeness (QED) is 0.838. The normalized spacial score (nSPS) is 14.3. The van der Waals surface area contributed by atoms with Crippen LogP contribution in [0.1, 0.15) is 17.5 Å². The average molecular weight is 364 g/mol. The van der Waals surface area contributed by atoms with Gasteiger partial charge in [-0.1, -0.05) is 41.9 Å². The molecule has 4 nitrogen and oxygen atoms in total. The van der Waals surface area contributed by atoms with Crippen LogP contribution in [-0.4, -0.2) is 31.5 Å². The monoisotopic (exact) mass is 363 g/mol. The molecule has 24 heavy (non-hydrogen) atoms. The fourth-order valence-corrected chi connectivity index (χ4v) is 4.39. The van der Waals surface area contributed by atoms with Gasteiger partial charge in [0.1, 0.15) is 0 Å². The summed E-state index contributed by atoms with van der Waals surface area (Å²) in [5.41, 5.74) is 2.39. The summed E-state index contributed by atoms with van der Waals surface area (Å²) in [6.45, 7) is 1.18. The minimum atomic E-state index is -3.51. The first kappa shape index (κ1) is 17.0. The van der Waals surface area contributed by atoms with E-state index in [4.69, 9.17) is 11.6 Å². The molecule has 0 saturated heterocycles. The van der Waals surface area contributed by atoms with Crippen LogP contribution < -0.4 is 0 Å². The molecule has 0 fully saturated rings. The van der Waals surface area contributed by atoms with Crippen molar-refractivity contribution in [3.8, 4) is 0 Å². The van der Waals surface area contributed by atoms with Crippen molar-refractivity contribution in [2.45, 2.75) is 24.3 Å². The van der Waals surface area contributed by atoms with Crippen LogP contribution in [0.4, 0.5) is 0 Å². The van der Waals surface area contributed by atoms with Gasteiger partial charge in [-0.2, -0.15) is 0 Å². The van der Waals surface area contributed by atoms with Gasteiger partial charge in [0.2, 0.25) is 5.91 Å². The van der Waals surface area contributed by atoms with Gasteiger partial charge in [-0.25, -0.2) is 8.42 Å². The van der Waals surface area contributed by atoms with Crippen LogP contribution in [0.15, 0.2) is 53.4 Å². The lowest BCUT2D eigenvalue weighted by Gasteiger charge is -2.28. The molecule has 0 N–H and O–H groups in total. The zero-order valence-electron chi connectivity index (χ0n) is 13.1. The van der Waals surface area contributed by atoms with E-state index in [2.05, 4.69) is 6.07 Å². The lowest BCUT2D eigenvalue weighted by molar-refractivity contribution is -0.131. The zero-order chi connectivity index (χ0) is 17.2. The number of nitrogens with zero attached hydrogens (tertiary/aromatic N) is 1. The van der Waals surface area contributed by atoms with Crippen molar-refractivity contribution in [2.75, 3.05) is 12.3 Å². The largest absolute Gasteiger partial charge is 0.338 e. The van der Waals surface area contributed by atoms with Crippen LogP contribution >= 0.6 is 11.6 Å². The van der Waals surface area contributed by atoms with E-state index in [1.165, 1.54) is 17.7 Å². The van der Waals surface area contributed by atoms with Gasteiger partial charge in [-0.05, 0) is 35.7 Å². The van der Waals surface area contributed by atoms with Crippen LogP contribution in [0.5, 0.6) is 0 Å². The molecule has 0 bridgehead atoms. The molecule has 1 aliphatic rings. The van der Waals surface area contributed by atoms with Crippen molar-refractivity contribution >= 4 is 27.3 Å². The van der Waals surface area contributed by atoms with Gasteiger partial charge >= 0.3 is 0 Å². The van der Waals surface area contributed by atoms with Crippen molar-refractivity contribution in [1.29, 1.82) is 0 Å². The van der Waals surface area contributed by atoms with Gasteiger partial charge in [0, 0.05) is 24.5 Å². The fraction of sp³-hybridized carbons (Fsp3) is 0.278. The molecule has 0 atom stereocenters. The molecule has 0 radical (unpaired) electrons. The molecule has 0 aliphatic carbocycles. The Balaban J connectivity index is 1.64. The number of benzene rings is 2. The maximum Gasteiger partial charge on any atom is 0.223 e. The van der Waals surface area contributed by atoms with E-state index >= 15 is 0 Å². The van der Waals surface area contributed by atoms with Crippen molar-refractivity contribution in [2.24, 2.45) is 0 Å². The second-order valence-corrected chi connectivity index (χ2v) is 8.41. The van der Waals surface area contributed by atoms with Gasteiger partial charge in [0.15, 0.2) is 9.84 Å². The molecule has 126 valence electrons. The molecule has 3 rings (SSSR count). The van der Waals surface area contributed by atoms with Gasteiger partial charge < -0.3 is 4.90 Å². The minimum absolute atomic E-state index is 0.0169. The molecule has 1 aliphatic heterocycles.